The molecule has 1 amide bonds. The van der Waals surface area contributed by atoms with Crippen LogP contribution in [0.5, 0.6) is 0 Å². The summed E-state index contributed by atoms with van der Waals surface area (Å²) in [5.74, 6) is 0.160. The van der Waals surface area contributed by atoms with Gasteiger partial charge in [0, 0.05) is 18.7 Å². The number of amides is 1. The van der Waals surface area contributed by atoms with Crippen LogP contribution >= 0.6 is 0 Å². The molecule has 1 saturated carbocycles. The molecule has 3 rings (SSSR count). The van der Waals surface area contributed by atoms with Crippen LogP contribution in [0.1, 0.15) is 54.6 Å². The molecular formula is C19H23FN4O. The maximum atomic E-state index is 12.9. The zero-order valence-electron chi connectivity index (χ0n) is 14.2. The Labute approximate surface area is 147 Å². The fourth-order valence-electron chi connectivity index (χ4n) is 3.06. The van der Waals surface area contributed by atoms with Crippen molar-refractivity contribution >= 4 is 11.7 Å². The molecule has 2 aromatic rings. The minimum absolute atomic E-state index is 0.154. The van der Waals surface area contributed by atoms with E-state index in [1.165, 1.54) is 44.1 Å². The first-order valence-corrected chi connectivity index (χ1v) is 8.82. The molecule has 5 nitrogen and oxygen atoms in total. The van der Waals surface area contributed by atoms with E-state index in [9.17, 15) is 9.18 Å². The highest BCUT2D eigenvalue weighted by molar-refractivity contribution is 5.93. The number of benzene rings is 1. The summed E-state index contributed by atoms with van der Waals surface area (Å²) in [7, 11) is 0. The number of aromatic nitrogens is 2. The number of nitrogens with zero attached hydrogens (tertiary/aromatic N) is 2. The third-order valence-electron chi connectivity index (χ3n) is 4.48. The summed E-state index contributed by atoms with van der Waals surface area (Å²) < 4.78 is 12.9. The van der Waals surface area contributed by atoms with Crippen molar-refractivity contribution in [1.29, 1.82) is 0 Å². The average Bonchev–Trinajstić information content (AvgIpc) is 2.90. The number of hydrogen-bond donors (Lipinski definition) is 2. The van der Waals surface area contributed by atoms with Crippen LogP contribution in [-0.4, -0.2) is 21.9 Å². The van der Waals surface area contributed by atoms with Crippen LogP contribution in [0.3, 0.4) is 0 Å². The lowest BCUT2D eigenvalue weighted by Gasteiger charge is -2.16. The van der Waals surface area contributed by atoms with Crippen molar-refractivity contribution < 1.29 is 9.18 Å². The molecule has 1 fully saturated rings. The Morgan fingerprint density at radius 1 is 1.08 bits per heavy atom. The van der Waals surface area contributed by atoms with Gasteiger partial charge < -0.3 is 10.6 Å². The van der Waals surface area contributed by atoms with E-state index < -0.39 is 0 Å². The van der Waals surface area contributed by atoms with Crippen molar-refractivity contribution in [1.82, 2.24) is 15.3 Å². The van der Waals surface area contributed by atoms with E-state index in [0.29, 0.717) is 18.1 Å². The van der Waals surface area contributed by atoms with Gasteiger partial charge in [-0.25, -0.2) is 14.4 Å². The van der Waals surface area contributed by atoms with E-state index in [2.05, 4.69) is 20.6 Å². The van der Waals surface area contributed by atoms with Gasteiger partial charge in [0.15, 0.2) is 0 Å². The van der Waals surface area contributed by atoms with Gasteiger partial charge in [0.05, 0.1) is 0 Å². The minimum Gasteiger partial charge on any atom is -0.366 e. The first kappa shape index (κ1) is 17.3. The normalized spacial score (nSPS) is 15.4. The molecule has 0 atom stereocenters. The van der Waals surface area contributed by atoms with Crippen LogP contribution in [0.15, 0.2) is 36.7 Å². The van der Waals surface area contributed by atoms with Crippen LogP contribution in [0.25, 0.3) is 0 Å². The Bertz CT molecular complexity index is 697. The summed E-state index contributed by atoms with van der Waals surface area (Å²) in [5.41, 5.74) is 1.30. The molecule has 6 heteroatoms. The Kier molecular flexibility index (Phi) is 5.93. The maximum Gasteiger partial charge on any atom is 0.270 e. The molecule has 0 radical (unpaired) electrons. The van der Waals surface area contributed by atoms with Gasteiger partial charge in [0.2, 0.25) is 0 Å². The third kappa shape index (κ3) is 5.24. The van der Waals surface area contributed by atoms with E-state index in [4.69, 9.17) is 0 Å². The lowest BCUT2D eigenvalue weighted by Crippen LogP contribution is -2.34. The number of hydrogen-bond acceptors (Lipinski definition) is 4. The van der Waals surface area contributed by atoms with Gasteiger partial charge in [-0.2, -0.15) is 0 Å². The van der Waals surface area contributed by atoms with Gasteiger partial charge in [0.25, 0.3) is 5.91 Å². The summed E-state index contributed by atoms with van der Waals surface area (Å²) in [6.07, 6.45) is 8.28. The van der Waals surface area contributed by atoms with Crippen molar-refractivity contribution in [3.8, 4) is 0 Å². The lowest BCUT2D eigenvalue weighted by molar-refractivity contribution is 0.0928. The highest BCUT2D eigenvalue weighted by Crippen LogP contribution is 2.17. The van der Waals surface area contributed by atoms with E-state index in [1.807, 2.05) is 0 Å². The van der Waals surface area contributed by atoms with Gasteiger partial charge in [-0.1, -0.05) is 37.8 Å². The SMILES string of the molecule is O=C(NC1CCCCCC1)c1cc(NCc2ccc(F)cc2)ncn1. The summed E-state index contributed by atoms with van der Waals surface area (Å²) >= 11 is 0. The lowest BCUT2D eigenvalue weighted by atomic mass is 10.1. The van der Waals surface area contributed by atoms with Crippen molar-refractivity contribution in [2.75, 3.05) is 5.32 Å². The Hall–Kier alpha value is -2.50. The summed E-state index contributed by atoms with van der Waals surface area (Å²) in [4.78, 5) is 20.6. The second-order valence-corrected chi connectivity index (χ2v) is 6.43. The Morgan fingerprint density at radius 2 is 1.80 bits per heavy atom. The summed E-state index contributed by atoms with van der Waals surface area (Å²) in [6, 6.07) is 8.15. The Balaban J connectivity index is 1.58. The highest BCUT2D eigenvalue weighted by atomic mass is 19.1. The zero-order valence-corrected chi connectivity index (χ0v) is 14.2. The van der Waals surface area contributed by atoms with Crippen molar-refractivity contribution in [3.05, 3.63) is 53.7 Å². The van der Waals surface area contributed by atoms with E-state index in [1.54, 1.807) is 18.2 Å². The number of carbonyl (C=O) groups is 1. The fraction of sp³-hybridized carbons (Fsp3) is 0.421. The number of anilines is 1. The molecule has 1 heterocycles. The molecular weight excluding hydrogens is 319 g/mol. The molecule has 0 unspecified atom stereocenters. The van der Waals surface area contributed by atoms with Crippen LogP contribution in [0, 0.1) is 5.82 Å². The molecule has 2 N–H and O–H groups in total. The first-order valence-electron chi connectivity index (χ1n) is 8.82. The van der Waals surface area contributed by atoms with E-state index in [-0.39, 0.29) is 17.8 Å². The number of rotatable bonds is 5. The standard InChI is InChI=1S/C19H23FN4O/c20-15-9-7-14(8-10-15)12-21-18-11-17(22-13-23-18)19(25)24-16-5-3-1-2-4-6-16/h7-11,13,16H,1-6,12H2,(H,24,25)(H,21,22,23). The molecule has 0 saturated heterocycles. The summed E-state index contributed by atoms with van der Waals surface area (Å²) in [5, 5.41) is 6.22. The Morgan fingerprint density at radius 3 is 2.52 bits per heavy atom. The minimum atomic E-state index is -0.261. The van der Waals surface area contributed by atoms with Gasteiger partial charge in [-0.05, 0) is 30.5 Å². The number of carbonyl (C=O) groups excluding carboxylic acids is 1. The number of halogens is 1. The van der Waals surface area contributed by atoms with Crippen LogP contribution in [0.4, 0.5) is 10.2 Å². The molecule has 132 valence electrons. The monoisotopic (exact) mass is 342 g/mol. The van der Waals surface area contributed by atoms with Crippen molar-refractivity contribution in [2.24, 2.45) is 0 Å². The van der Waals surface area contributed by atoms with Gasteiger partial charge in [-0.3, -0.25) is 4.79 Å². The van der Waals surface area contributed by atoms with Gasteiger partial charge in [-0.15, -0.1) is 0 Å². The topological polar surface area (TPSA) is 66.9 Å². The molecule has 1 aromatic heterocycles. The van der Waals surface area contributed by atoms with E-state index in [0.717, 1.165) is 18.4 Å². The van der Waals surface area contributed by atoms with Crippen LogP contribution < -0.4 is 10.6 Å². The maximum absolute atomic E-state index is 12.9. The molecule has 0 bridgehead atoms. The molecule has 1 aliphatic rings. The zero-order chi connectivity index (χ0) is 17.5. The quantitative estimate of drug-likeness (QED) is 0.814. The smallest absolute Gasteiger partial charge is 0.270 e. The second kappa shape index (κ2) is 8.55. The van der Waals surface area contributed by atoms with Crippen LogP contribution in [0.2, 0.25) is 0 Å². The molecule has 0 spiro atoms. The molecule has 1 aromatic carbocycles. The van der Waals surface area contributed by atoms with Crippen molar-refractivity contribution in [2.45, 2.75) is 51.1 Å². The third-order valence-corrected chi connectivity index (χ3v) is 4.48. The molecule has 0 aliphatic heterocycles. The van der Waals surface area contributed by atoms with Crippen molar-refractivity contribution in [3.63, 3.8) is 0 Å². The van der Waals surface area contributed by atoms with Gasteiger partial charge in [0.1, 0.15) is 23.7 Å². The molecule has 1 aliphatic carbocycles. The summed E-state index contributed by atoms with van der Waals surface area (Å²) in [6.45, 7) is 0.501. The number of nitrogens with one attached hydrogen (secondary N) is 2. The predicted octanol–water partition coefficient (Wildman–Crippen LogP) is 3.68. The largest absolute Gasteiger partial charge is 0.366 e. The van der Waals surface area contributed by atoms with Crippen LogP contribution in [-0.2, 0) is 6.54 Å². The molecule has 25 heavy (non-hydrogen) atoms. The first-order chi connectivity index (χ1) is 12.2. The second-order valence-electron chi connectivity index (χ2n) is 6.43. The van der Waals surface area contributed by atoms with Gasteiger partial charge >= 0.3 is 0 Å². The highest BCUT2D eigenvalue weighted by Gasteiger charge is 2.17. The fourth-order valence-corrected chi connectivity index (χ4v) is 3.06. The van der Waals surface area contributed by atoms with E-state index >= 15 is 0 Å². The average molecular weight is 342 g/mol. The predicted molar refractivity (Wildman–Crippen MR) is 94.7 cm³/mol.